The normalized spacial score (nSPS) is 13.6. The molecule has 2 aromatic rings. The third kappa shape index (κ3) is 3.43. The van der Waals surface area contributed by atoms with E-state index >= 15 is 0 Å². The van der Waals surface area contributed by atoms with Crippen molar-refractivity contribution in [1.29, 1.82) is 0 Å². The van der Waals surface area contributed by atoms with Crippen molar-refractivity contribution in [2.24, 2.45) is 0 Å². The standard InChI is InChI=1S/C18H20O3/c1-3-17(13-4-8-15(20)9-5-13)18(12(2)19)14-6-10-16(21)11-7-14/h4-11,17-18,20-21H,3H2,1-2H3. The van der Waals surface area contributed by atoms with Gasteiger partial charge < -0.3 is 10.2 Å². The van der Waals surface area contributed by atoms with Crippen molar-refractivity contribution >= 4 is 5.78 Å². The third-order valence-electron chi connectivity index (χ3n) is 3.85. The topological polar surface area (TPSA) is 57.5 Å². The minimum atomic E-state index is -0.250. The number of aromatic hydroxyl groups is 2. The van der Waals surface area contributed by atoms with Crippen LogP contribution in [0.4, 0.5) is 0 Å². The maximum atomic E-state index is 12.2. The molecule has 2 rings (SSSR count). The van der Waals surface area contributed by atoms with Gasteiger partial charge in [0.15, 0.2) is 0 Å². The predicted octanol–water partition coefficient (Wildman–Crippen LogP) is 3.96. The molecule has 2 unspecified atom stereocenters. The number of carbonyl (C=O) groups excluding carboxylic acids is 1. The molecule has 0 aliphatic rings. The highest BCUT2D eigenvalue weighted by Crippen LogP contribution is 2.37. The van der Waals surface area contributed by atoms with Gasteiger partial charge in [-0.3, -0.25) is 4.79 Å². The highest BCUT2D eigenvalue weighted by molar-refractivity contribution is 5.84. The Hall–Kier alpha value is -2.29. The highest BCUT2D eigenvalue weighted by atomic mass is 16.3. The first kappa shape index (κ1) is 15.1. The monoisotopic (exact) mass is 284 g/mol. The number of rotatable bonds is 5. The van der Waals surface area contributed by atoms with Crippen molar-refractivity contribution in [3.8, 4) is 11.5 Å². The van der Waals surface area contributed by atoms with Gasteiger partial charge in [-0.2, -0.15) is 0 Å². The Balaban J connectivity index is 2.41. The minimum absolute atomic E-state index is 0.0487. The van der Waals surface area contributed by atoms with Gasteiger partial charge in [-0.25, -0.2) is 0 Å². The first-order valence-electron chi connectivity index (χ1n) is 7.11. The van der Waals surface area contributed by atoms with Crippen molar-refractivity contribution in [2.75, 3.05) is 0 Å². The van der Waals surface area contributed by atoms with Gasteiger partial charge in [0.2, 0.25) is 0 Å². The minimum Gasteiger partial charge on any atom is -0.508 e. The van der Waals surface area contributed by atoms with Crippen LogP contribution in [-0.2, 0) is 4.79 Å². The van der Waals surface area contributed by atoms with Crippen LogP contribution in [0.25, 0.3) is 0 Å². The van der Waals surface area contributed by atoms with Gasteiger partial charge >= 0.3 is 0 Å². The zero-order valence-electron chi connectivity index (χ0n) is 12.3. The number of carbonyl (C=O) groups is 1. The van der Waals surface area contributed by atoms with Gasteiger partial charge in [-0.05, 0) is 54.7 Å². The van der Waals surface area contributed by atoms with Gasteiger partial charge in [0.05, 0.1) is 0 Å². The average Bonchev–Trinajstić information content (AvgIpc) is 2.47. The average molecular weight is 284 g/mol. The molecule has 3 nitrogen and oxygen atoms in total. The van der Waals surface area contributed by atoms with E-state index in [-0.39, 0.29) is 29.1 Å². The summed E-state index contributed by atoms with van der Waals surface area (Å²) in [6, 6.07) is 13.8. The van der Waals surface area contributed by atoms with Crippen LogP contribution in [0.2, 0.25) is 0 Å². The molecular weight excluding hydrogens is 264 g/mol. The van der Waals surface area contributed by atoms with Crippen LogP contribution in [0.15, 0.2) is 48.5 Å². The van der Waals surface area contributed by atoms with Crippen molar-refractivity contribution in [2.45, 2.75) is 32.1 Å². The summed E-state index contributed by atoms with van der Waals surface area (Å²) in [7, 11) is 0. The van der Waals surface area contributed by atoms with E-state index in [2.05, 4.69) is 0 Å². The van der Waals surface area contributed by atoms with Gasteiger partial charge in [0.25, 0.3) is 0 Å². The summed E-state index contributed by atoms with van der Waals surface area (Å²) in [5, 5.41) is 18.8. The number of benzene rings is 2. The molecule has 0 spiro atoms. The maximum Gasteiger partial charge on any atom is 0.137 e. The quantitative estimate of drug-likeness (QED) is 0.873. The molecule has 0 saturated carbocycles. The molecular formula is C18H20O3. The van der Waals surface area contributed by atoms with Crippen molar-refractivity contribution < 1.29 is 15.0 Å². The van der Waals surface area contributed by atoms with E-state index in [4.69, 9.17) is 0 Å². The van der Waals surface area contributed by atoms with E-state index in [9.17, 15) is 15.0 Å². The van der Waals surface area contributed by atoms with Crippen molar-refractivity contribution in [3.63, 3.8) is 0 Å². The van der Waals surface area contributed by atoms with Crippen LogP contribution in [0.1, 0.15) is 43.2 Å². The lowest BCUT2D eigenvalue weighted by molar-refractivity contribution is -0.118. The molecule has 3 heteroatoms. The summed E-state index contributed by atoms with van der Waals surface area (Å²) >= 11 is 0. The number of ketones is 1. The Morgan fingerprint density at radius 2 is 1.33 bits per heavy atom. The number of phenolic OH excluding ortho intramolecular Hbond substituents is 2. The number of hydrogen-bond acceptors (Lipinski definition) is 3. The van der Waals surface area contributed by atoms with E-state index in [1.165, 1.54) is 0 Å². The third-order valence-corrected chi connectivity index (χ3v) is 3.85. The summed E-state index contributed by atoms with van der Waals surface area (Å²) in [4.78, 5) is 12.2. The molecule has 0 heterocycles. The summed E-state index contributed by atoms with van der Waals surface area (Å²) in [6.07, 6.45) is 0.815. The fourth-order valence-electron chi connectivity index (χ4n) is 2.82. The fraction of sp³-hybridized carbons (Fsp3) is 0.278. The zero-order chi connectivity index (χ0) is 15.4. The van der Waals surface area contributed by atoms with Gasteiger partial charge in [0.1, 0.15) is 17.3 Å². The lowest BCUT2D eigenvalue weighted by Gasteiger charge is -2.25. The van der Waals surface area contributed by atoms with Crippen LogP contribution < -0.4 is 0 Å². The first-order chi connectivity index (χ1) is 10.0. The molecule has 0 bridgehead atoms. The van der Waals surface area contributed by atoms with Gasteiger partial charge in [-0.15, -0.1) is 0 Å². The largest absolute Gasteiger partial charge is 0.508 e. The number of hydrogen-bond donors (Lipinski definition) is 2. The smallest absolute Gasteiger partial charge is 0.137 e. The Bertz CT molecular complexity index is 599. The van der Waals surface area contributed by atoms with Crippen LogP contribution in [0.3, 0.4) is 0 Å². The number of Topliss-reactive ketones (excluding diaryl/α,β-unsaturated/α-hetero) is 1. The molecule has 0 fully saturated rings. The Morgan fingerprint density at radius 3 is 1.71 bits per heavy atom. The van der Waals surface area contributed by atoms with E-state index in [1.807, 2.05) is 19.1 Å². The molecule has 0 aromatic heterocycles. The van der Waals surface area contributed by atoms with E-state index in [1.54, 1.807) is 43.3 Å². The molecule has 21 heavy (non-hydrogen) atoms. The summed E-state index contributed by atoms with van der Waals surface area (Å²) in [6.45, 7) is 3.65. The first-order valence-corrected chi connectivity index (χ1v) is 7.11. The lowest BCUT2D eigenvalue weighted by atomic mass is 9.78. The predicted molar refractivity (Wildman–Crippen MR) is 82.7 cm³/mol. The van der Waals surface area contributed by atoms with Crippen LogP contribution in [-0.4, -0.2) is 16.0 Å². The van der Waals surface area contributed by atoms with Crippen molar-refractivity contribution in [1.82, 2.24) is 0 Å². The van der Waals surface area contributed by atoms with Crippen LogP contribution in [0.5, 0.6) is 11.5 Å². The summed E-state index contributed by atoms with van der Waals surface area (Å²) < 4.78 is 0. The summed E-state index contributed by atoms with van der Waals surface area (Å²) in [5.74, 6) is 0.310. The highest BCUT2D eigenvalue weighted by Gasteiger charge is 2.27. The molecule has 0 amide bonds. The zero-order valence-corrected chi connectivity index (χ0v) is 12.3. The Morgan fingerprint density at radius 1 is 0.905 bits per heavy atom. The Kier molecular flexibility index (Phi) is 4.63. The van der Waals surface area contributed by atoms with Gasteiger partial charge in [-0.1, -0.05) is 31.2 Å². The second-order valence-corrected chi connectivity index (χ2v) is 5.29. The second kappa shape index (κ2) is 6.44. The van der Waals surface area contributed by atoms with E-state index < -0.39 is 0 Å². The molecule has 2 aromatic carbocycles. The second-order valence-electron chi connectivity index (χ2n) is 5.29. The summed E-state index contributed by atoms with van der Waals surface area (Å²) in [5.41, 5.74) is 1.93. The van der Waals surface area contributed by atoms with Gasteiger partial charge in [0, 0.05) is 5.92 Å². The maximum absolute atomic E-state index is 12.2. The SMILES string of the molecule is CCC(c1ccc(O)cc1)C(C(C)=O)c1ccc(O)cc1. The molecule has 0 saturated heterocycles. The molecule has 0 radical (unpaired) electrons. The molecule has 2 atom stereocenters. The molecule has 0 aliphatic carbocycles. The Labute approximate surface area is 124 Å². The molecule has 110 valence electrons. The molecule has 0 aliphatic heterocycles. The van der Waals surface area contributed by atoms with Crippen LogP contribution >= 0.6 is 0 Å². The number of phenols is 2. The van der Waals surface area contributed by atoms with Crippen molar-refractivity contribution in [3.05, 3.63) is 59.7 Å². The van der Waals surface area contributed by atoms with E-state index in [0.717, 1.165) is 17.5 Å². The van der Waals surface area contributed by atoms with Crippen LogP contribution in [0, 0.1) is 0 Å². The van der Waals surface area contributed by atoms with E-state index in [0.29, 0.717) is 0 Å². The lowest BCUT2D eigenvalue weighted by Crippen LogP contribution is -2.18. The fourth-order valence-corrected chi connectivity index (χ4v) is 2.82. The molecule has 2 N–H and O–H groups in total.